The number of rotatable bonds is 3. The second kappa shape index (κ2) is 5.53. The molecule has 0 spiro atoms. The minimum absolute atomic E-state index is 0.0744. The average molecular weight is 246 g/mol. The van der Waals surface area contributed by atoms with E-state index in [9.17, 15) is 19.8 Å². The number of hydrogen-bond donors (Lipinski definition) is 2. The lowest BCUT2D eigenvalue weighted by Gasteiger charge is -2.28. The summed E-state index contributed by atoms with van der Waals surface area (Å²) in [5.74, 6) is -1.67. The molecular formula is C10H14O7. The van der Waals surface area contributed by atoms with Crippen molar-refractivity contribution in [3.05, 3.63) is 11.5 Å². The molecule has 0 fully saturated rings. The molecule has 0 radical (unpaired) electrons. The van der Waals surface area contributed by atoms with Gasteiger partial charge >= 0.3 is 11.9 Å². The molecule has 0 saturated carbocycles. The summed E-state index contributed by atoms with van der Waals surface area (Å²) in [5.41, 5.74) is 0. The first-order valence-corrected chi connectivity index (χ1v) is 4.97. The van der Waals surface area contributed by atoms with Crippen molar-refractivity contribution in [2.24, 2.45) is 0 Å². The van der Waals surface area contributed by atoms with Gasteiger partial charge in [0.25, 0.3) is 0 Å². The molecule has 7 nitrogen and oxygen atoms in total. The molecule has 7 heteroatoms. The van der Waals surface area contributed by atoms with Crippen molar-refractivity contribution < 1.29 is 34.0 Å². The molecule has 0 aromatic heterocycles. The highest BCUT2D eigenvalue weighted by atomic mass is 16.7. The van der Waals surface area contributed by atoms with Crippen LogP contribution >= 0.6 is 0 Å². The second-order valence-electron chi connectivity index (χ2n) is 3.50. The van der Waals surface area contributed by atoms with Gasteiger partial charge in [0, 0.05) is 13.8 Å². The topological polar surface area (TPSA) is 102 Å². The standard InChI is InChI=1S/C10H14O7/c1-5(11)15-4-8-10(14)7(13)3-9(17-8)16-6(2)12/h7,9,13-14H,3-4H2,1-2H3. The van der Waals surface area contributed by atoms with Crippen molar-refractivity contribution in [3.63, 3.8) is 0 Å². The first-order valence-electron chi connectivity index (χ1n) is 4.97. The van der Waals surface area contributed by atoms with Gasteiger partial charge in [0.2, 0.25) is 6.29 Å². The maximum absolute atomic E-state index is 10.7. The van der Waals surface area contributed by atoms with Gasteiger partial charge in [0.1, 0.15) is 6.10 Å². The predicted octanol–water partition coefficient (Wildman–Crippen LogP) is -0.0105. The van der Waals surface area contributed by atoms with Crippen molar-refractivity contribution >= 4 is 11.9 Å². The van der Waals surface area contributed by atoms with Crippen LogP contribution in [-0.4, -0.2) is 41.2 Å². The fourth-order valence-corrected chi connectivity index (χ4v) is 1.28. The van der Waals surface area contributed by atoms with Gasteiger partial charge in [-0.1, -0.05) is 0 Å². The smallest absolute Gasteiger partial charge is 0.305 e. The minimum Gasteiger partial charge on any atom is -0.506 e. The number of aliphatic hydroxyl groups excluding tert-OH is 2. The summed E-state index contributed by atoms with van der Waals surface area (Å²) < 4.78 is 14.4. The zero-order valence-electron chi connectivity index (χ0n) is 9.50. The largest absolute Gasteiger partial charge is 0.506 e. The van der Waals surface area contributed by atoms with Crippen LogP contribution in [0.15, 0.2) is 11.5 Å². The number of hydrogen-bond acceptors (Lipinski definition) is 7. The van der Waals surface area contributed by atoms with Crippen LogP contribution in [0.1, 0.15) is 20.3 Å². The van der Waals surface area contributed by atoms with Crippen LogP contribution in [0.25, 0.3) is 0 Å². The van der Waals surface area contributed by atoms with Crippen LogP contribution in [0.5, 0.6) is 0 Å². The highest BCUT2D eigenvalue weighted by Crippen LogP contribution is 2.23. The monoisotopic (exact) mass is 246 g/mol. The minimum atomic E-state index is -1.21. The number of carbonyl (C=O) groups is 2. The third-order valence-corrected chi connectivity index (χ3v) is 1.99. The van der Waals surface area contributed by atoms with E-state index in [1.54, 1.807) is 0 Å². The number of ether oxygens (including phenoxy) is 3. The van der Waals surface area contributed by atoms with E-state index in [2.05, 4.69) is 4.74 Å². The first-order chi connectivity index (χ1) is 7.90. The van der Waals surface area contributed by atoms with E-state index in [1.807, 2.05) is 0 Å². The fraction of sp³-hybridized carbons (Fsp3) is 0.600. The van der Waals surface area contributed by atoms with E-state index in [0.29, 0.717) is 0 Å². The highest BCUT2D eigenvalue weighted by molar-refractivity contribution is 5.66. The normalized spacial score (nSPS) is 23.9. The highest BCUT2D eigenvalue weighted by Gasteiger charge is 2.31. The lowest BCUT2D eigenvalue weighted by Crippen LogP contribution is -2.33. The van der Waals surface area contributed by atoms with Gasteiger partial charge < -0.3 is 24.4 Å². The molecule has 0 amide bonds. The van der Waals surface area contributed by atoms with Gasteiger partial charge in [-0.2, -0.15) is 0 Å². The average Bonchev–Trinajstić information content (AvgIpc) is 2.20. The Balaban J connectivity index is 2.67. The summed E-state index contributed by atoms with van der Waals surface area (Å²) >= 11 is 0. The van der Waals surface area contributed by atoms with Crippen molar-refractivity contribution in [1.82, 2.24) is 0 Å². The van der Waals surface area contributed by atoms with Crippen LogP contribution in [0, 0.1) is 0 Å². The Morgan fingerprint density at radius 2 is 2.06 bits per heavy atom. The molecule has 2 unspecified atom stereocenters. The van der Waals surface area contributed by atoms with Crippen molar-refractivity contribution in [2.45, 2.75) is 32.7 Å². The summed E-state index contributed by atoms with van der Waals surface area (Å²) in [6.07, 6.45) is -2.28. The Labute approximate surface area is 97.6 Å². The molecule has 96 valence electrons. The molecule has 0 aromatic rings. The van der Waals surface area contributed by atoms with E-state index >= 15 is 0 Å². The molecule has 0 aliphatic carbocycles. The van der Waals surface area contributed by atoms with Gasteiger partial charge in [0.15, 0.2) is 18.1 Å². The summed E-state index contributed by atoms with van der Waals surface area (Å²) in [6.45, 7) is 2.07. The number of carbonyl (C=O) groups excluding carboxylic acids is 2. The zero-order valence-corrected chi connectivity index (χ0v) is 9.50. The number of aliphatic hydroxyl groups is 2. The Morgan fingerprint density at radius 3 is 2.59 bits per heavy atom. The third kappa shape index (κ3) is 3.95. The molecule has 1 aliphatic heterocycles. The summed E-state index contributed by atoms with van der Waals surface area (Å²) in [7, 11) is 0. The molecule has 1 heterocycles. The van der Waals surface area contributed by atoms with E-state index < -0.39 is 30.1 Å². The predicted molar refractivity (Wildman–Crippen MR) is 53.6 cm³/mol. The molecule has 2 atom stereocenters. The molecule has 1 aliphatic rings. The molecule has 1 rings (SSSR count). The summed E-state index contributed by atoms with van der Waals surface area (Å²) in [5, 5.41) is 19.0. The van der Waals surface area contributed by atoms with Crippen molar-refractivity contribution in [2.75, 3.05) is 6.61 Å². The molecule has 0 saturated heterocycles. The lowest BCUT2D eigenvalue weighted by atomic mass is 10.1. The molecule has 0 aromatic carbocycles. The zero-order chi connectivity index (χ0) is 13.0. The van der Waals surface area contributed by atoms with Gasteiger partial charge in [-0.05, 0) is 0 Å². The third-order valence-electron chi connectivity index (χ3n) is 1.99. The Kier molecular flexibility index (Phi) is 4.33. The SMILES string of the molecule is CC(=O)OCC1=C(O)C(O)CC(OC(C)=O)O1. The summed E-state index contributed by atoms with van der Waals surface area (Å²) in [4.78, 5) is 21.3. The molecule has 17 heavy (non-hydrogen) atoms. The van der Waals surface area contributed by atoms with Gasteiger partial charge in [-0.3, -0.25) is 9.59 Å². The van der Waals surface area contributed by atoms with Gasteiger partial charge in [0.05, 0.1) is 6.42 Å². The Bertz CT molecular complexity index is 347. The second-order valence-corrected chi connectivity index (χ2v) is 3.50. The summed E-state index contributed by atoms with van der Waals surface area (Å²) in [6, 6.07) is 0. The number of esters is 2. The Morgan fingerprint density at radius 1 is 1.41 bits per heavy atom. The van der Waals surface area contributed by atoms with Crippen LogP contribution in [0.2, 0.25) is 0 Å². The van der Waals surface area contributed by atoms with Crippen LogP contribution in [-0.2, 0) is 23.8 Å². The van der Waals surface area contributed by atoms with Crippen molar-refractivity contribution in [1.29, 1.82) is 0 Å². The van der Waals surface area contributed by atoms with Crippen LogP contribution in [0.4, 0.5) is 0 Å². The van der Waals surface area contributed by atoms with Gasteiger partial charge in [-0.15, -0.1) is 0 Å². The lowest BCUT2D eigenvalue weighted by molar-refractivity contribution is -0.182. The maximum atomic E-state index is 10.7. The molecular weight excluding hydrogens is 232 g/mol. The van der Waals surface area contributed by atoms with E-state index in [4.69, 9.17) is 9.47 Å². The van der Waals surface area contributed by atoms with E-state index in [0.717, 1.165) is 0 Å². The quantitative estimate of drug-likeness (QED) is 0.675. The fourth-order valence-electron chi connectivity index (χ4n) is 1.28. The first kappa shape index (κ1) is 13.3. The van der Waals surface area contributed by atoms with E-state index in [-0.39, 0.29) is 18.8 Å². The van der Waals surface area contributed by atoms with Gasteiger partial charge in [-0.25, -0.2) is 0 Å². The Hall–Kier alpha value is -1.76. The molecule has 2 N–H and O–H groups in total. The molecule has 0 bridgehead atoms. The maximum Gasteiger partial charge on any atom is 0.305 e. The van der Waals surface area contributed by atoms with E-state index in [1.165, 1.54) is 13.8 Å². The van der Waals surface area contributed by atoms with Crippen LogP contribution in [0.3, 0.4) is 0 Å². The van der Waals surface area contributed by atoms with Crippen LogP contribution < -0.4 is 0 Å². The van der Waals surface area contributed by atoms with Crippen molar-refractivity contribution in [3.8, 4) is 0 Å².